The van der Waals surface area contributed by atoms with Gasteiger partial charge in [0.2, 0.25) is 0 Å². The van der Waals surface area contributed by atoms with Crippen molar-refractivity contribution in [1.82, 2.24) is 4.90 Å². The fraction of sp³-hybridized carbons (Fsp3) is 0.667. The molecule has 3 heteroatoms. The molecule has 1 fully saturated rings. The van der Waals surface area contributed by atoms with Gasteiger partial charge < -0.3 is 15.0 Å². The summed E-state index contributed by atoms with van der Waals surface area (Å²) >= 11 is 0. The van der Waals surface area contributed by atoms with Crippen LogP contribution < -0.4 is 5.32 Å². The highest BCUT2D eigenvalue weighted by Crippen LogP contribution is 2.47. The van der Waals surface area contributed by atoms with Crippen LogP contribution in [0.4, 0.5) is 5.69 Å². The molecule has 1 aliphatic rings. The van der Waals surface area contributed by atoms with Crippen molar-refractivity contribution in [3.05, 3.63) is 29.8 Å². The van der Waals surface area contributed by atoms with Crippen molar-refractivity contribution in [1.29, 1.82) is 0 Å². The maximum absolute atomic E-state index is 5.87. The molecule has 0 aliphatic heterocycles. The number of nitrogens with one attached hydrogen (secondary N) is 1. The molecule has 0 radical (unpaired) electrons. The minimum Gasteiger partial charge on any atom is -0.382 e. The molecular weight excluding hydrogens is 260 g/mol. The highest BCUT2D eigenvalue weighted by molar-refractivity contribution is 5.46. The van der Waals surface area contributed by atoms with Crippen LogP contribution in [0.3, 0.4) is 0 Å². The van der Waals surface area contributed by atoms with E-state index in [0.29, 0.717) is 12.1 Å². The maximum Gasteiger partial charge on any atom is 0.0667 e. The number of nitrogens with zero attached hydrogens (tertiary/aromatic N) is 1. The summed E-state index contributed by atoms with van der Waals surface area (Å²) in [6.07, 6.45) is 2.66. The molecule has 3 nitrogen and oxygen atoms in total. The zero-order valence-corrected chi connectivity index (χ0v) is 14.1. The van der Waals surface area contributed by atoms with Crippen molar-refractivity contribution in [3.8, 4) is 0 Å². The minimum absolute atomic E-state index is 0.248. The van der Waals surface area contributed by atoms with Crippen LogP contribution in [0.1, 0.15) is 39.2 Å². The smallest absolute Gasteiger partial charge is 0.0667 e. The van der Waals surface area contributed by atoms with Crippen molar-refractivity contribution in [2.75, 3.05) is 26.0 Å². The molecule has 1 aromatic carbocycles. The second-order valence-corrected chi connectivity index (χ2v) is 6.67. The van der Waals surface area contributed by atoms with Gasteiger partial charge in [0.1, 0.15) is 0 Å². The number of benzene rings is 1. The Hall–Kier alpha value is -1.06. The zero-order chi connectivity index (χ0) is 15.5. The van der Waals surface area contributed by atoms with E-state index in [9.17, 15) is 0 Å². The lowest BCUT2D eigenvalue weighted by atomic mass is 9.61. The molecule has 1 aliphatic carbocycles. The minimum atomic E-state index is 0.248. The molecule has 1 saturated carbocycles. The van der Waals surface area contributed by atoms with E-state index in [-0.39, 0.29) is 5.41 Å². The molecule has 2 rings (SSSR count). The quantitative estimate of drug-likeness (QED) is 0.827. The topological polar surface area (TPSA) is 24.5 Å². The molecule has 3 atom stereocenters. The van der Waals surface area contributed by atoms with E-state index in [1.807, 2.05) is 0 Å². The second-order valence-electron chi connectivity index (χ2n) is 6.67. The first-order chi connectivity index (χ1) is 9.99. The molecule has 0 heterocycles. The van der Waals surface area contributed by atoms with E-state index in [0.717, 1.165) is 26.0 Å². The van der Waals surface area contributed by atoms with E-state index in [1.54, 1.807) is 0 Å². The third-order valence-corrected chi connectivity index (χ3v) is 4.90. The van der Waals surface area contributed by atoms with Gasteiger partial charge in [0.25, 0.3) is 0 Å². The predicted octanol–water partition coefficient (Wildman–Crippen LogP) is 3.75. The average Bonchev–Trinajstić information content (AvgIpc) is 2.46. The summed E-state index contributed by atoms with van der Waals surface area (Å²) in [5.74, 6) is 0. The number of anilines is 1. The van der Waals surface area contributed by atoms with Gasteiger partial charge in [-0.3, -0.25) is 0 Å². The normalized spacial score (nSPS) is 28.5. The Morgan fingerprint density at radius 2 is 1.90 bits per heavy atom. The second kappa shape index (κ2) is 6.80. The Kier molecular flexibility index (Phi) is 5.28. The molecule has 0 saturated heterocycles. The molecule has 0 aromatic heterocycles. The molecular formula is C18H30N2O. The standard InChI is InChI=1S/C18H30N2O/c1-6-18(3)16(12-17(18)21-7-2)19-15-10-8-14(9-11-15)13-20(4)5/h8-11,16-17,19H,6-7,12-13H2,1-5H3. The number of ether oxygens (including phenoxy) is 1. The molecule has 118 valence electrons. The Balaban J connectivity index is 1.96. The molecule has 1 aromatic rings. The van der Waals surface area contributed by atoms with Crippen LogP contribution in [0.2, 0.25) is 0 Å². The van der Waals surface area contributed by atoms with E-state index < -0.39 is 0 Å². The van der Waals surface area contributed by atoms with Gasteiger partial charge in [0.05, 0.1) is 6.10 Å². The lowest BCUT2D eigenvalue weighted by molar-refractivity contribution is -0.109. The van der Waals surface area contributed by atoms with Crippen LogP contribution in [0.15, 0.2) is 24.3 Å². The van der Waals surface area contributed by atoms with E-state index in [2.05, 4.69) is 69.3 Å². The van der Waals surface area contributed by atoms with Crippen LogP contribution in [0, 0.1) is 5.41 Å². The largest absolute Gasteiger partial charge is 0.382 e. The first-order valence-electron chi connectivity index (χ1n) is 8.11. The summed E-state index contributed by atoms with van der Waals surface area (Å²) in [7, 11) is 4.20. The first-order valence-corrected chi connectivity index (χ1v) is 8.11. The van der Waals surface area contributed by atoms with Gasteiger partial charge in [-0.25, -0.2) is 0 Å². The average molecular weight is 290 g/mol. The number of rotatable bonds is 7. The van der Waals surface area contributed by atoms with Crippen molar-refractivity contribution >= 4 is 5.69 Å². The number of hydrogen-bond acceptors (Lipinski definition) is 3. The van der Waals surface area contributed by atoms with Crippen LogP contribution in [0.25, 0.3) is 0 Å². The summed E-state index contributed by atoms with van der Waals surface area (Å²) in [4.78, 5) is 2.19. The summed E-state index contributed by atoms with van der Waals surface area (Å²) in [6.45, 7) is 8.49. The van der Waals surface area contributed by atoms with Crippen molar-refractivity contribution in [3.63, 3.8) is 0 Å². The van der Waals surface area contributed by atoms with Gasteiger partial charge in [-0.15, -0.1) is 0 Å². The lowest BCUT2D eigenvalue weighted by Gasteiger charge is -2.54. The van der Waals surface area contributed by atoms with Crippen molar-refractivity contribution in [2.45, 2.75) is 52.3 Å². The Morgan fingerprint density at radius 1 is 1.24 bits per heavy atom. The third-order valence-electron chi connectivity index (χ3n) is 4.90. The number of hydrogen-bond donors (Lipinski definition) is 1. The third kappa shape index (κ3) is 3.58. The summed E-state index contributed by atoms with van der Waals surface area (Å²) in [6, 6.07) is 9.33. The predicted molar refractivity (Wildman–Crippen MR) is 89.7 cm³/mol. The lowest BCUT2D eigenvalue weighted by Crippen LogP contribution is -2.59. The van der Waals surface area contributed by atoms with Gasteiger partial charge >= 0.3 is 0 Å². The van der Waals surface area contributed by atoms with Crippen LogP contribution in [0.5, 0.6) is 0 Å². The fourth-order valence-corrected chi connectivity index (χ4v) is 3.25. The Bertz CT molecular complexity index is 443. The molecule has 0 bridgehead atoms. The van der Waals surface area contributed by atoms with Crippen molar-refractivity contribution in [2.24, 2.45) is 5.41 Å². The Morgan fingerprint density at radius 3 is 2.43 bits per heavy atom. The fourth-order valence-electron chi connectivity index (χ4n) is 3.25. The zero-order valence-electron chi connectivity index (χ0n) is 14.1. The summed E-state index contributed by atoms with van der Waals surface area (Å²) in [5.41, 5.74) is 2.82. The first kappa shape index (κ1) is 16.3. The van der Waals surface area contributed by atoms with Crippen LogP contribution in [-0.2, 0) is 11.3 Å². The van der Waals surface area contributed by atoms with Gasteiger partial charge in [0.15, 0.2) is 0 Å². The molecule has 21 heavy (non-hydrogen) atoms. The molecule has 0 spiro atoms. The van der Waals surface area contributed by atoms with Gasteiger partial charge in [-0.05, 0) is 51.6 Å². The van der Waals surface area contributed by atoms with Gasteiger partial charge in [-0.1, -0.05) is 26.0 Å². The molecule has 1 N–H and O–H groups in total. The summed E-state index contributed by atoms with van der Waals surface area (Å²) < 4.78 is 5.87. The SMILES string of the molecule is CCOC1CC(Nc2ccc(CN(C)C)cc2)C1(C)CC. The van der Waals surface area contributed by atoms with Gasteiger partial charge in [0, 0.05) is 30.3 Å². The van der Waals surface area contributed by atoms with E-state index in [1.165, 1.54) is 11.3 Å². The van der Waals surface area contributed by atoms with Crippen molar-refractivity contribution < 1.29 is 4.74 Å². The summed E-state index contributed by atoms with van der Waals surface area (Å²) in [5, 5.41) is 3.70. The maximum atomic E-state index is 5.87. The molecule has 0 amide bonds. The monoisotopic (exact) mass is 290 g/mol. The molecule has 3 unspecified atom stereocenters. The highest BCUT2D eigenvalue weighted by atomic mass is 16.5. The Labute approximate surface area is 129 Å². The van der Waals surface area contributed by atoms with Crippen LogP contribution >= 0.6 is 0 Å². The van der Waals surface area contributed by atoms with Gasteiger partial charge in [-0.2, -0.15) is 0 Å². The van der Waals surface area contributed by atoms with E-state index in [4.69, 9.17) is 4.74 Å². The van der Waals surface area contributed by atoms with E-state index >= 15 is 0 Å². The van der Waals surface area contributed by atoms with Crippen LogP contribution in [-0.4, -0.2) is 37.7 Å². The highest BCUT2D eigenvalue weighted by Gasteiger charge is 2.51.